The van der Waals surface area contributed by atoms with E-state index in [1.807, 2.05) is 0 Å². The molecule has 0 saturated heterocycles. The summed E-state index contributed by atoms with van der Waals surface area (Å²) in [7, 11) is 0. The lowest BCUT2D eigenvalue weighted by molar-refractivity contribution is -0.120. The Morgan fingerprint density at radius 2 is 2.15 bits per heavy atom. The molecule has 2 aromatic rings. The molecule has 1 heterocycles. The van der Waals surface area contributed by atoms with Crippen LogP contribution in [0.4, 0.5) is 0 Å². The van der Waals surface area contributed by atoms with Crippen molar-refractivity contribution in [1.82, 2.24) is 15.3 Å². The maximum atomic E-state index is 11.7. The zero-order valence-corrected chi connectivity index (χ0v) is 10.7. The number of aromatic amines is 1. The van der Waals surface area contributed by atoms with Gasteiger partial charge in [0.15, 0.2) is 5.84 Å². The molecule has 2 rings (SSSR count). The van der Waals surface area contributed by atoms with Gasteiger partial charge in [-0.05, 0) is 5.56 Å². The maximum absolute atomic E-state index is 11.7. The van der Waals surface area contributed by atoms with E-state index in [0.29, 0.717) is 12.1 Å². The Morgan fingerprint density at radius 1 is 1.40 bits per heavy atom. The number of hydrogen-bond acceptors (Lipinski definition) is 4. The second-order valence-electron chi connectivity index (χ2n) is 4.21. The van der Waals surface area contributed by atoms with Gasteiger partial charge >= 0.3 is 0 Å². The average molecular weight is 273 g/mol. The van der Waals surface area contributed by atoms with E-state index in [1.165, 1.54) is 0 Å². The number of nitrogens with zero attached hydrogens (tertiary/aromatic N) is 2. The maximum Gasteiger partial charge on any atom is 0.224 e. The van der Waals surface area contributed by atoms with E-state index >= 15 is 0 Å². The standard InChI is InChI=1S/C13H15N5O2/c14-13(18-20)10-3-1-9(2-4-10)5-12(19)16-7-11-6-15-8-17-11/h1-4,6,8,20H,5,7H2,(H2,14,18)(H,15,17)(H,16,19). The number of hydrogen-bond donors (Lipinski definition) is 4. The summed E-state index contributed by atoms with van der Waals surface area (Å²) < 4.78 is 0. The van der Waals surface area contributed by atoms with Crippen molar-refractivity contribution in [2.45, 2.75) is 13.0 Å². The predicted molar refractivity (Wildman–Crippen MR) is 73.1 cm³/mol. The highest BCUT2D eigenvalue weighted by Gasteiger charge is 2.05. The minimum absolute atomic E-state index is 0.0419. The van der Waals surface area contributed by atoms with E-state index in [0.717, 1.165) is 11.3 Å². The molecule has 20 heavy (non-hydrogen) atoms. The molecule has 7 nitrogen and oxygen atoms in total. The zero-order valence-electron chi connectivity index (χ0n) is 10.7. The lowest BCUT2D eigenvalue weighted by Gasteiger charge is -2.05. The molecular formula is C13H15N5O2. The zero-order chi connectivity index (χ0) is 14.4. The summed E-state index contributed by atoms with van der Waals surface area (Å²) in [6.45, 7) is 0.418. The number of aromatic nitrogens is 2. The molecule has 0 spiro atoms. The number of rotatable bonds is 5. The third-order valence-electron chi connectivity index (χ3n) is 2.75. The van der Waals surface area contributed by atoms with E-state index in [4.69, 9.17) is 10.9 Å². The lowest BCUT2D eigenvalue weighted by Crippen LogP contribution is -2.24. The van der Waals surface area contributed by atoms with Crippen molar-refractivity contribution in [1.29, 1.82) is 0 Å². The number of benzene rings is 1. The van der Waals surface area contributed by atoms with Gasteiger partial charge in [-0.1, -0.05) is 29.4 Å². The average Bonchev–Trinajstić information content (AvgIpc) is 2.98. The Morgan fingerprint density at radius 3 is 2.75 bits per heavy atom. The van der Waals surface area contributed by atoms with Gasteiger partial charge in [0.25, 0.3) is 0 Å². The lowest BCUT2D eigenvalue weighted by atomic mass is 10.1. The van der Waals surface area contributed by atoms with Crippen LogP contribution in [0.15, 0.2) is 41.9 Å². The molecule has 7 heteroatoms. The summed E-state index contributed by atoms with van der Waals surface area (Å²) in [5, 5.41) is 14.3. The van der Waals surface area contributed by atoms with Crippen LogP contribution in [0.25, 0.3) is 0 Å². The Balaban J connectivity index is 1.88. The van der Waals surface area contributed by atoms with Crippen LogP contribution in [0.3, 0.4) is 0 Å². The number of imidazole rings is 1. The number of carbonyl (C=O) groups excluding carboxylic acids is 1. The van der Waals surface area contributed by atoms with Gasteiger partial charge in [0.05, 0.1) is 25.0 Å². The first kappa shape index (κ1) is 13.6. The van der Waals surface area contributed by atoms with Gasteiger partial charge in [-0.15, -0.1) is 0 Å². The van der Waals surface area contributed by atoms with Crippen LogP contribution in [-0.2, 0) is 17.8 Å². The number of nitrogens with two attached hydrogens (primary N) is 1. The van der Waals surface area contributed by atoms with Crippen molar-refractivity contribution in [3.63, 3.8) is 0 Å². The molecule has 0 fully saturated rings. The third kappa shape index (κ3) is 3.58. The number of amides is 1. The fourth-order valence-electron chi connectivity index (χ4n) is 1.67. The van der Waals surface area contributed by atoms with Crippen molar-refractivity contribution in [3.8, 4) is 0 Å². The van der Waals surface area contributed by atoms with Gasteiger partial charge in [0, 0.05) is 11.8 Å². The molecule has 1 aromatic carbocycles. The molecule has 0 aliphatic carbocycles. The van der Waals surface area contributed by atoms with Gasteiger partial charge in [0.2, 0.25) is 5.91 Å². The van der Waals surface area contributed by atoms with Crippen molar-refractivity contribution in [3.05, 3.63) is 53.6 Å². The molecule has 1 amide bonds. The quantitative estimate of drug-likeness (QED) is 0.272. The number of amidine groups is 1. The summed E-state index contributed by atoms with van der Waals surface area (Å²) in [6, 6.07) is 6.94. The van der Waals surface area contributed by atoms with E-state index < -0.39 is 0 Å². The van der Waals surface area contributed by atoms with Crippen LogP contribution in [0, 0.1) is 0 Å². The molecule has 0 bridgehead atoms. The minimum Gasteiger partial charge on any atom is -0.409 e. The SMILES string of the molecule is NC(=NO)c1ccc(CC(=O)NCc2cnc[nH]2)cc1. The van der Waals surface area contributed by atoms with Crippen LogP contribution in [0.5, 0.6) is 0 Å². The van der Waals surface area contributed by atoms with E-state index in [-0.39, 0.29) is 18.2 Å². The highest BCUT2D eigenvalue weighted by molar-refractivity contribution is 5.97. The topological polar surface area (TPSA) is 116 Å². The summed E-state index contributed by atoms with van der Waals surface area (Å²) in [5.41, 5.74) is 7.76. The molecule has 104 valence electrons. The van der Waals surface area contributed by atoms with Crippen LogP contribution in [0.1, 0.15) is 16.8 Å². The number of nitrogens with one attached hydrogen (secondary N) is 2. The van der Waals surface area contributed by atoms with E-state index in [2.05, 4.69) is 20.4 Å². The summed E-state index contributed by atoms with van der Waals surface area (Å²) in [5.74, 6) is -0.0450. The first-order valence-corrected chi connectivity index (χ1v) is 6.00. The second kappa shape index (κ2) is 6.37. The van der Waals surface area contributed by atoms with Crippen LogP contribution in [0.2, 0.25) is 0 Å². The van der Waals surface area contributed by atoms with Gasteiger partial charge < -0.3 is 21.2 Å². The molecular weight excluding hydrogens is 258 g/mol. The van der Waals surface area contributed by atoms with Gasteiger partial charge in [-0.3, -0.25) is 4.79 Å². The second-order valence-corrected chi connectivity index (χ2v) is 4.21. The molecule has 0 atom stereocenters. The molecule has 0 radical (unpaired) electrons. The highest BCUT2D eigenvalue weighted by atomic mass is 16.4. The fourth-order valence-corrected chi connectivity index (χ4v) is 1.67. The Labute approximate surface area is 115 Å². The van der Waals surface area contributed by atoms with E-state index in [9.17, 15) is 4.79 Å². The Hall–Kier alpha value is -2.83. The monoisotopic (exact) mass is 273 g/mol. The predicted octanol–water partition coefficient (Wildman–Crippen LogP) is 0.363. The van der Waals surface area contributed by atoms with Gasteiger partial charge in [-0.25, -0.2) is 4.98 Å². The molecule has 5 N–H and O–H groups in total. The largest absolute Gasteiger partial charge is 0.409 e. The Kier molecular flexibility index (Phi) is 4.33. The smallest absolute Gasteiger partial charge is 0.224 e. The number of carbonyl (C=O) groups is 1. The van der Waals surface area contributed by atoms with E-state index in [1.54, 1.807) is 36.8 Å². The molecule has 1 aromatic heterocycles. The number of H-pyrrole nitrogens is 1. The normalized spacial score (nSPS) is 11.3. The third-order valence-corrected chi connectivity index (χ3v) is 2.75. The molecule has 0 aliphatic rings. The Bertz CT molecular complexity index is 590. The first-order valence-electron chi connectivity index (χ1n) is 6.00. The fraction of sp³-hybridized carbons (Fsp3) is 0.154. The van der Waals surface area contributed by atoms with Gasteiger partial charge in [0.1, 0.15) is 0 Å². The van der Waals surface area contributed by atoms with Crippen LogP contribution in [-0.4, -0.2) is 26.9 Å². The van der Waals surface area contributed by atoms with Gasteiger partial charge in [-0.2, -0.15) is 0 Å². The van der Waals surface area contributed by atoms with Crippen molar-refractivity contribution in [2.75, 3.05) is 0 Å². The summed E-state index contributed by atoms with van der Waals surface area (Å²) in [6.07, 6.45) is 3.49. The van der Waals surface area contributed by atoms with Crippen molar-refractivity contribution >= 4 is 11.7 Å². The van der Waals surface area contributed by atoms with Crippen LogP contribution < -0.4 is 11.1 Å². The van der Waals surface area contributed by atoms with Crippen molar-refractivity contribution < 1.29 is 10.0 Å². The molecule has 0 aliphatic heterocycles. The summed E-state index contributed by atoms with van der Waals surface area (Å²) in [4.78, 5) is 18.5. The molecule has 0 unspecified atom stereocenters. The molecule has 0 saturated carbocycles. The van der Waals surface area contributed by atoms with Crippen molar-refractivity contribution in [2.24, 2.45) is 10.9 Å². The minimum atomic E-state index is -0.0869. The van der Waals surface area contributed by atoms with Crippen LogP contribution >= 0.6 is 0 Å². The first-order chi connectivity index (χ1) is 9.69. The number of oxime groups is 1. The summed E-state index contributed by atoms with van der Waals surface area (Å²) >= 11 is 0. The highest BCUT2D eigenvalue weighted by Crippen LogP contribution is 2.05.